The molecule has 1 aliphatic rings. The van der Waals surface area contributed by atoms with Crippen LogP contribution >= 0.6 is 0 Å². The van der Waals surface area contributed by atoms with Gasteiger partial charge in [0.2, 0.25) is 0 Å². The monoisotopic (exact) mass is 348 g/mol. The van der Waals surface area contributed by atoms with Crippen molar-refractivity contribution in [2.45, 2.75) is 25.5 Å². The van der Waals surface area contributed by atoms with Gasteiger partial charge in [-0.3, -0.25) is 0 Å². The molecule has 4 rings (SSSR count). The number of carboxylic acids is 1. The van der Waals surface area contributed by atoms with Crippen LogP contribution in [0.25, 0.3) is 22.5 Å². The van der Waals surface area contributed by atoms with Crippen LogP contribution in [0.2, 0.25) is 0 Å². The first-order valence-electron chi connectivity index (χ1n) is 8.79. The number of aromatic carboxylic acids is 1. The summed E-state index contributed by atoms with van der Waals surface area (Å²) in [6.45, 7) is 1.45. The van der Waals surface area contributed by atoms with E-state index in [1.54, 1.807) is 18.5 Å². The maximum absolute atomic E-state index is 11.8. The fourth-order valence-electron chi connectivity index (χ4n) is 3.49. The lowest BCUT2D eigenvalue weighted by molar-refractivity contribution is 0.0697. The topological polar surface area (TPSA) is 64.3 Å². The largest absolute Gasteiger partial charge is 0.478 e. The Hall–Kier alpha value is -2.92. The van der Waals surface area contributed by atoms with E-state index < -0.39 is 5.97 Å². The van der Waals surface area contributed by atoms with Crippen LogP contribution in [0.15, 0.2) is 60.9 Å². The van der Waals surface area contributed by atoms with Crippen LogP contribution in [0, 0.1) is 0 Å². The van der Waals surface area contributed by atoms with Gasteiger partial charge in [-0.15, -0.1) is 0 Å². The van der Waals surface area contributed by atoms with Gasteiger partial charge in [0, 0.05) is 17.7 Å². The Kier molecular flexibility index (Phi) is 4.54. The van der Waals surface area contributed by atoms with Crippen molar-refractivity contribution in [1.29, 1.82) is 0 Å². The highest BCUT2D eigenvalue weighted by molar-refractivity contribution is 5.97. The zero-order valence-electron chi connectivity index (χ0n) is 14.3. The van der Waals surface area contributed by atoms with E-state index in [1.807, 2.05) is 47.0 Å². The first kappa shape index (κ1) is 16.5. The molecule has 0 spiro atoms. The first-order valence-corrected chi connectivity index (χ1v) is 8.79. The Bertz CT molecular complexity index is 912. The number of carbonyl (C=O) groups is 1. The lowest BCUT2D eigenvalue weighted by atomic mass is 10.00. The lowest BCUT2D eigenvalue weighted by Gasteiger charge is -2.16. The van der Waals surface area contributed by atoms with E-state index in [2.05, 4.69) is 4.98 Å². The van der Waals surface area contributed by atoms with Gasteiger partial charge in [0.15, 0.2) is 0 Å². The quantitative estimate of drug-likeness (QED) is 0.754. The SMILES string of the molecule is O=C(O)c1ccccc1-c1c(-c2ccccc2)ncn1C[C@@H]1CCCO1. The minimum Gasteiger partial charge on any atom is -0.478 e. The van der Waals surface area contributed by atoms with Crippen molar-refractivity contribution in [3.8, 4) is 22.5 Å². The van der Waals surface area contributed by atoms with E-state index in [0.29, 0.717) is 12.1 Å². The summed E-state index contributed by atoms with van der Waals surface area (Å²) in [5.74, 6) is -0.940. The van der Waals surface area contributed by atoms with E-state index in [0.717, 1.165) is 36.4 Å². The predicted octanol–water partition coefficient (Wildman–Crippen LogP) is 4.09. The summed E-state index contributed by atoms with van der Waals surface area (Å²) in [6, 6.07) is 16.9. The summed E-state index contributed by atoms with van der Waals surface area (Å²) in [4.78, 5) is 16.4. The van der Waals surface area contributed by atoms with Gasteiger partial charge in [-0.2, -0.15) is 0 Å². The summed E-state index contributed by atoms with van der Waals surface area (Å²) in [5.41, 5.74) is 3.53. The van der Waals surface area contributed by atoms with E-state index in [1.165, 1.54) is 0 Å². The maximum atomic E-state index is 11.8. The number of imidazole rings is 1. The molecule has 0 bridgehead atoms. The highest BCUT2D eigenvalue weighted by Crippen LogP contribution is 2.34. The molecule has 1 aliphatic heterocycles. The second-order valence-corrected chi connectivity index (χ2v) is 6.45. The van der Waals surface area contributed by atoms with Gasteiger partial charge in [-0.25, -0.2) is 9.78 Å². The second-order valence-electron chi connectivity index (χ2n) is 6.45. The molecule has 1 N–H and O–H groups in total. The van der Waals surface area contributed by atoms with Gasteiger partial charge in [0.05, 0.1) is 35.9 Å². The molecule has 1 fully saturated rings. The van der Waals surface area contributed by atoms with Gasteiger partial charge in [0.25, 0.3) is 0 Å². The molecule has 1 atom stereocenters. The van der Waals surface area contributed by atoms with Gasteiger partial charge >= 0.3 is 5.97 Å². The number of aromatic nitrogens is 2. The van der Waals surface area contributed by atoms with Crippen LogP contribution in [0.4, 0.5) is 0 Å². The number of nitrogens with zero attached hydrogens (tertiary/aromatic N) is 2. The average molecular weight is 348 g/mol. The lowest BCUT2D eigenvalue weighted by Crippen LogP contribution is -2.15. The highest BCUT2D eigenvalue weighted by Gasteiger charge is 2.23. The van der Waals surface area contributed by atoms with Gasteiger partial charge in [0.1, 0.15) is 0 Å². The summed E-state index contributed by atoms with van der Waals surface area (Å²) in [5, 5.41) is 9.65. The average Bonchev–Trinajstić information content (AvgIpc) is 3.33. The van der Waals surface area contributed by atoms with Crippen LogP contribution in [0.5, 0.6) is 0 Å². The normalized spacial score (nSPS) is 16.7. The van der Waals surface area contributed by atoms with E-state index in [4.69, 9.17) is 4.74 Å². The van der Waals surface area contributed by atoms with Crippen LogP contribution < -0.4 is 0 Å². The molecule has 0 unspecified atom stereocenters. The predicted molar refractivity (Wildman–Crippen MR) is 99.0 cm³/mol. The fraction of sp³-hybridized carbons (Fsp3) is 0.238. The van der Waals surface area contributed by atoms with E-state index in [-0.39, 0.29) is 11.7 Å². The molecule has 26 heavy (non-hydrogen) atoms. The van der Waals surface area contributed by atoms with Crippen molar-refractivity contribution in [3.63, 3.8) is 0 Å². The smallest absolute Gasteiger partial charge is 0.336 e. The molecule has 2 heterocycles. The Balaban J connectivity index is 1.87. The molecule has 5 nitrogen and oxygen atoms in total. The molecule has 1 saturated heterocycles. The molecule has 0 aliphatic carbocycles. The molecule has 5 heteroatoms. The zero-order chi connectivity index (χ0) is 17.9. The van der Waals surface area contributed by atoms with Gasteiger partial charge in [-0.05, 0) is 18.9 Å². The van der Waals surface area contributed by atoms with Crippen LogP contribution in [0.3, 0.4) is 0 Å². The fourth-order valence-corrected chi connectivity index (χ4v) is 3.49. The van der Waals surface area contributed by atoms with Crippen LogP contribution in [-0.2, 0) is 11.3 Å². The molecule has 0 saturated carbocycles. The van der Waals surface area contributed by atoms with E-state index in [9.17, 15) is 9.90 Å². The molecule has 132 valence electrons. The van der Waals surface area contributed by atoms with Crippen molar-refractivity contribution in [3.05, 3.63) is 66.5 Å². The summed E-state index contributed by atoms with van der Waals surface area (Å²) in [7, 11) is 0. The van der Waals surface area contributed by atoms with E-state index >= 15 is 0 Å². The van der Waals surface area contributed by atoms with Crippen molar-refractivity contribution in [2.24, 2.45) is 0 Å². The van der Waals surface area contributed by atoms with Crippen LogP contribution in [0.1, 0.15) is 23.2 Å². The molecule has 1 aromatic heterocycles. The second kappa shape index (κ2) is 7.14. The Morgan fingerprint density at radius 3 is 2.65 bits per heavy atom. The molecule has 3 aromatic rings. The first-order chi connectivity index (χ1) is 12.7. The Morgan fingerprint density at radius 2 is 1.92 bits per heavy atom. The molecular weight excluding hydrogens is 328 g/mol. The molecule has 0 amide bonds. The summed E-state index contributed by atoms with van der Waals surface area (Å²) in [6.07, 6.45) is 4.01. The zero-order valence-corrected chi connectivity index (χ0v) is 14.3. The number of benzene rings is 2. The van der Waals surface area contributed by atoms with Crippen LogP contribution in [-0.4, -0.2) is 33.3 Å². The Morgan fingerprint density at radius 1 is 1.15 bits per heavy atom. The third kappa shape index (κ3) is 3.13. The highest BCUT2D eigenvalue weighted by atomic mass is 16.5. The number of rotatable bonds is 5. The maximum Gasteiger partial charge on any atom is 0.336 e. The third-order valence-corrected chi connectivity index (χ3v) is 4.72. The summed E-state index contributed by atoms with van der Waals surface area (Å²) >= 11 is 0. The number of hydrogen-bond donors (Lipinski definition) is 1. The third-order valence-electron chi connectivity index (χ3n) is 4.72. The van der Waals surface area contributed by atoms with Crippen molar-refractivity contribution in [2.75, 3.05) is 6.61 Å². The molecule has 2 aromatic carbocycles. The Labute approximate surface area is 151 Å². The molecule has 0 radical (unpaired) electrons. The summed E-state index contributed by atoms with van der Waals surface area (Å²) < 4.78 is 7.80. The minimum atomic E-state index is -0.940. The molecular formula is C21H20N2O3. The van der Waals surface area contributed by atoms with Gasteiger partial charge < -0.3 is 14.4 Å². The van der Waals surface area contributed by atoms with Crippen molar-refractivity contribution < 1.29 is 14.6 Å². The van der Waals surface area contributed by atoms with Gasteiger partial charge in [-0.1, -0.05) is 48.5 Å². The number of carboxylic acid groups (broad SMARTS) is 1. The minimum absolute atomic E-state index is 0.142. The van der Waals surface area contributed by atoms with Crippen molar-refractivity contribution in [1.82, 2.24) is 9.55 Å². The number of ether oxygens (including phenoxy) is 1. The number of hydrogen-bond acceptors (Lipinski definition) is 3. The standard InChI is InChI=1S/C21H20N2O3/c24-21(25)18-11-5-4-10-17(18)20-19(15-7-2-1-3-8-15)22-14-23(20)13-16-9-6-12-26-16/h1-5,7-8,10-11,14,16H,6,9,12-13H2,(H,24,25)/t16-/m0/s1. The van der Waals surface area contributed by atoms with Crippen molar-refractivity contribution >= 4 is 5.97 Å².